The lowest BCUT2D eigenvalue weighted by Gasteiger charge is -2.08. The van der Waals surface area contributed by atoms with Gasteiger partial charge in [-0.3, -0.25) is 19.2 Å². The van der Waals surface area contributed by atoms with Gasteiger partial charge in [-0.05, 0) is 0 Å². The molecule has 0 aliphatic heterocycles. The van der Waals surface area contributed by atoms with Gasteiger partial charge in [-0.15, -0.1) is 0 Å². The van der Waals surface area contributed by atoms with Crippen LogP contribution in [0.15, 0.2) is 0 Å². The van der Waals surface area contributed by atoms with Crippen LogP contribution in [0.1, 0.15) is 13.3 Å². The van der Waals surface area contributed by atoms with Crippen molar-refractivity contribution in [1.29, 1.82) is 0 Å². The van der Waals surface area contributed by atoms with Crippen molar-refractivity contribution in [2.45, 2.75) is 13.3 Å². The number of carbonyl (C=O) groups excluding carboxylic acids is 3. The summed E-state index contributed by atoms with van der Waals surface area (Å²) in [5.74, 6) is -1.96. The van der Waals surface area contributed by atoms with Crippen molar-refractivity contribution in [3.8, 4) is 0 Å². The Hall–Kier alpha value is -2.28. The first-order chi connectivity index (χ1) is 14.0. The second kappa shape index (κ2) is 19.1. The number of hydrogen-bond donors (Lipinski definition) is 4. The van der Waals surface area contributed by atoms with Gasteiger partial charge in [0.1, 0.15) is 19.8 Å². The van der Waals surface area contributed by atoms with E-state index in [9.17, 15) is 19.2 Å². The molecule has 12 heteroatoms. The van der Waals surface area contributed by atoms with E-state index in [4.69, 9.17) is 24.1 Å². The Labute approximate surface area is 169 Å². The molecule has 4 N–H and O–H groups in total. The largest absolute Gasteiger partial charge is 0.480 e. The molecule has 0 unspecified atom stereocenters. The molecular weight excluding hydrogens is 390 g/mol. The van der Waals surface area contributed by atoms with Crippen LogP contribution < -0.4 is 16.0 Å². The van der Waals surface area contributed by atoms with Gasteiger partial charge in [0.05, 0.1) is 39.6 Å². The van der Waals surface area contributed by atoms with Crippen LogP contribution in [-0.2, 0) is 38.1 Å². The summed E-state index contributed by atoms with van der Waals surface area (Å²) in [5.41, 5.74) is 0. The van der Waals surface area contributed by atoms with Crippen molar-refractivity contribution in [3.05, 3.63) is 0 Å². The number of aliphatic carboxylic acids is 1. The minimum Gasteiger partial charge on any atom is -0.480 e. The molecule has 0 saturated carbocycles. The molecule has 0 heterocycles. The molecule has 0 fully saturated rings. The van der Waals surface area contributed by atoms with Crippen molar-refractivity contribution < 1.29 is 43.2 Å². The highest BCUT2D eigenvalue weighted by atomic mass is 16.5. The number of rotatable bonds is 19. The fourth-order valence-electron chi connectivity index (χ4n) is 1.70. The standard InChI is InChI=1S/C17H31N3O9/c1-2-14(21)18-3-5-26-7-9-28-12-15(22)19-4-6-27-8-10-29-13-16(23)20-11-17(24)25/h2-13H2,1H3,(H,18,21)(H,19,22)(H,20,23)(H,24,25). The number of carboxylic acid groups (broad SMARTS) is 1. The summed E-state index contributed by atoms with van der Waals surface area (Å²) in [6, 6.07) is 0. The molecule has 0 aliphatic rings. The second-order valence-electron chi connectivity index (χ2n) is 5.55. The Morgan fingerprint density at radius 3 is 1.59 bits per heavy atom. The van der Waals surface area contributed by atoms with Gasteiger partial charge in [0.2, 0.25) is 17.7 Å². The molecule has 0 rings (SSSR count). The number of hydrogen-bond acceptors (Lipinski definition) is 8. The normalized spacial score (nSPS) is 10.4. The lowest BCUT2D eigenvalue weighted by atomic mass is 10.4. The summed E-state index contributed by atoms with van der Waals surface area (Å²) < 4.78 is 20.6. The molecule has 0 spiro atoms. The van der Waals surface area contributed by atoms with Gasteiger partial charge in [0.25, 0.3) is 0 Å². The van der Waals surface area contributed by atoms with Crippen molar-refractivity contribution in [3.63, 3.8) is 0 Å². The highest BCUT2D eigenvalue weighted by molar-refractivity contribution is 5.81. The highest BCUT2D eigenvalue weighted by Crippen LogP contribution is 1.82. The van der Waals surface area contributed by atoms with Crippen LogP contribution in [0.2, 0.25) is 0 Å². The lowest BCUT2D eigenvalue weighted by Crippen LogP contribution is -2.33. The van der Waals surface area contributed by atoms with Gasteiger partial charge in [-0.25, -0.2) is 0 Å². The maximum atomic E-state index is 11.5. The van der Waals surface area contributed by atoms with E-state index in [1.165, 1.54) is 0 Å². The van der Waals surface area contributed by atoms with Crippen LogP contribution in [0.4, 0.5) is 0 Å². The smallest absolute Gasteiger partial charge is 0.322 e. The molecule has 0 atom stereocenters. The van der Waals surface area contributed by atoms with Crippen LogP contribution in [0.3, 0.4) is 0 Å². The van der Waals surface area contributed by atoms with Gasteiger partial charge in [-0.1, -0.05) is 6.92 Å². The van der Waals surface area contributed by atoms with Crippen LogP contribution in [0.5, 0.6) is 0 Å². The molecule has 0 aliphatic carbocycles. The maximum Gasteiger partial charge on any atom is 0.322 e. The number of amides is 3. The highest BCUT2D eigenvalue weighted by Gasteiger charge is 2.04. The summed E-state index contributed by atoms with van der Waals surface area (Å²) >= 11 is 0. The predicted octanol–water partition coefficient (Wildman–Crippen LogP) is -2.10. The number of carbonyl (C=O) groups is 4. The average molecular weight is 421 g/mol. The number of carboxylic acids is 1. The lowest BCUT2D eigenvalue weighted by molar-refractivity contribution is -0.138. The molecule has 0 bridgehead atoms. The van der Waals surface area contributed by atoms with Crippen molar-refractivity contribution >= 4 is 23.7 Å². The second-order valence-corrected chi connectivity index (χ2v) is 5.55. The first kappa shape index (κ1) is 26.7. The Morgan fingerprint density at radius 2 is 1.10 bits per heavy atom. The van der Waals surface area contributed by atoms with Gasteiger partial charge in [0.15, 0.2) is 0 Å². The number of ether oxygens (including phenoxy) is 4. The van der Waals surface area contributed by atoms with E-state index in [1.54, 1.807) is 6.92 Å². The third-order valence-electron chi connectivity index (χ3n) is 3.11. The molecule has 0 aromatic carbocycles. The third kappa shape index (κ3) is 20.3. The topological polar surface area (TPSA) is 162 Å². The van der Waals surface area contributed by atoms with Crippen molar-refractivity contribution in [2.24, 2.45) is 0 Å². The minimum absolute atomic E-state index is 0.0292. The van der Waals surface area contributed by atoms with E-state index < -0.39 is 18.4 Å². The zero-order chi connectivity index (χ0) is 21.7. The average Bonchev–Trinajstić information content (AvgIpc) is 2.69. The first-order valence-electron chi connectivity index (χ1n) is 9.28. The van der Waals surface area contributed by atoms with Crippen LogP contribution in [0.25, 0.3) is 0 Å². The molecule has 0 aromatic rings. The molecule has 0 aromatic heterocycles. The predicted molar refractivity (Wildman–Crippen MR) is 100 cm³/mol. The van der Waals surface area contributed by atoms with E-state index >= 15 is 0 Å². The summed E-state index contributed by atoms with van der Waals surface area (Å²) in [4.78, 5) is 43.9. The van der Waals surface area contributed by atoms with Crippen LogP contribution >= 0.6 is 0 Å². The van der Waals surface area contributed by atoms with Gasteiger partial charge >= 0.3 is 5.97 Å². The Kier molecular flexibility index (Phi) is 17.6. The quantitative estimate of drug-likeness (QED) is 0.171. The Balaban J connectivity index is 3.31. The fraction of sp³-hybridized carbons (Fsp3) is 0.765. The van der Waals surface area contributed by atoms with E-state index in [2.05, 4.69) is 16.0 Å². The Morgan fingerprint density at radius 1 is 0.655 bits per heavy atom. The van der Waals surface area contributed by atoms with E-state index in [1.807, 2.05) is 0 Å². The molecular formula is C17H31N3O9. The zero-order valence-corrected chi connectivity index (χ0v) is 16.7. The molecule has 29 heavy (non-hydrogen) atoms. The molecule has 0 radical (unpaired) electrons. The summed E-state index contributed by atoms with van der Waals surface area (Å²) in [6.07, 6.45) is 0.436. The molecule has 3 amide bonds. The molecule has 0 saturated heterocycles. The zero-order valence-electron chi connectivity index (χ0n) is 16.7. The Bertz CT molecular complexity index is 489. The number of nitrogens with one attached hydrogen (secondary N) is 3. The van der Waals surface area contributed by atoms with Gasteiger partial charge < -0.3 is 40.0 Å². The SMILES string of the molecule is CCC(=O)NCCOCCOCC(=O)NCCOCCOCC(=O)NCC(=O)O. The maximum absolute atomic E-state index is 11.5. The summed E-state index contributed by atoms with van der Waals surface area (Å²) in [7, 11) is 0. The van der Waals surface area contributed by atoms with Crippen LogP contribution in [0, 0.1) is 0 Å². The van der Waals surface area contributed by atoms with Crippen molar-refractivity contribution in [1.82, 2.24) is 16.0 Å². The van der Waals surface area contributed by atoms with E-state index in [0.29, 0.717) is 32.7 Å². The molecule has 12 nitrogen and oxygen atoms in total. The van der Waals surface area contributed by atoms with E-state index in [0.717, 1.165) is 0 Å². The van der Waals surface area contributed by atoms with Gasteiger partial charge in [0, 0.05) is 19.5 Å². The van der Waals surface area contributed by atoms with Crippen LogP contribution in [-0.4, -0.2) is 101 Å². The summed E-state index contributed by atoms with van der Waals surface area (Å²) in [5, 5.41) is 15.8. The first-order valence-corrected chi connectivity index (χ1v) is 9.28. The minimum atomic E-state index is -1.13. The fourth-order valence-corrected chi connectivity index (χ4v) is 1.70. The monoisotopic (exact) mass is 421 g/mol. The third-order valence-corrected chi connectivity index (χ3v) is 3.11. The summed E-state index contributed by atoms with van der Waals surface area (Å²) in [6.45, 7) is 3.36. The van der Waals surface area contributed by atoms with Crippen molar-refractivity contribution in [2.75, 3.05) is 72.5 Å². The van der Waals surface area contributed by atoms with E-state index in [-0.39, 0.29) is 51.5 Å². The molecule has 168 valence electrons. The van der Waals surface area contributed by atoms with Gasteiger partial charge in [-0.2, -0.15) is 0 Å².